The summed E-state index contributed by atoms with van der Waals surface area (Å²) in [4.78, 5) is 0. The van der Waals surface area contributed by atoms with E-state index < -0.39 is 0 Å². The van der Waals surface area contributed by atoms with Gasteiger partial charge in [0.15, 0.2) is 0 Å². The van der Waals surface area contributed by atoms with E-state index in [1.165, 1.54) is 38.5 Å². The third-order valence-corrected chi connectivity index (χ3v) is 3.44. The first-order valence-electron chi connectivity index (χ1n) is 6.39. The summed E-state index contributed by atoms with van der Waals surface area (Å²) in [6.07, 6.45) is 8.29. The van der Waals surface area contributed by atoms with Crippen LogP contribution in [0.5, 0.6) is 5.75 Å². The summed E-state index contributed by atoms with van der Waals surface area (Å²) in [6, 6.07) is 8.00. The summed E-state index contributed by atoms with van der Waals surface area (Å²) >= 11 is 0. The van der Waals surface area contributed by atoms with Crippen molar-refractivity contribution in [2.24, 2.45) is 5.92 Å². The van der Waals surface area contributed by atoms with Gasteiger partial charge in [-0.3, -0.25) is 0 Å². The van der Waals surface area contributed by atoms with E-state index in [2.05, 4.69) is 6.92 Å². The average molecular weight is 217 g/mol. The van der Waals surface area contributed by atoms with Crippen LogP contribution in [-0.4, -0.2) is 6.61 Å². The first-order chi connectivity index (χ1) is 7.84. The van der Waals surface area contributed by atoms with E-state index in [0.717, 1.165) is 23.8 Å². The molecule has 1 aromatic carbocycles. The lowest BCUT2D eigenvalue weighted by Crippen LogP contribution is -2.10. The van der Waals surface area contributed by atoms with Crippen molar-refractivity contribution in [2.75, 3.05) is 6.61 Å². The summed E-state index contributed by atoms with van der Waals surface area (Å²) in [7, 11) is 0. The van der Waals surface area contributed by atoms with Crippen LogP contribution in [0.25, 0.3) is 0 Å². The highest BCUT2D eigenvalue weighted by Crippen LogP contribution is 2.26. The molecule has 0 atom stereocenters. The highest BCUT2D eigenvalue weighted by atomic mass is 16.5. The molecule has 16 heavy (non-hydrogen) atoms. The van der Waals surface area contributed by atoms with Crippen LogP contribution in [0.2, 0.25) is 0 Å². The van der Waals surface area contributed by atoms with E-state index in [0.29, 0.717) is 0 Å². The standard InChI is InChI=1S/C15H21O/c1-13-7-9-15(10-8-13)16-12-11-14-5-3-2-4-6-14/h7-10,14H,1-6,11-12H2. The maximum Gasteiger partial charge on any atom is 0.119 e. The number of ether oxygens (including phenoxy) is 1. The summed E-state index contributed by atoms with van der Waals surface area (Å²) in [5.74, 6) is 1.88. The number of hydrogen-bond acceptors (Lipinski definition) is 1. The van der Waals surface area contributed by atoms with Gasteiger partial charge in [-0.25, -0.2) is 0 Å². The Bertz CT molecular complexity index is 296. The first kappa shape index (κ1) is 11.5. The van der Waals surface area contributed by atoms with Crippen molar-refractivity contribution < 1.29 is 4.74 Å². The van der Waals surface area contributed by atoms with Gasteiger partial charge in [-0.2, -0.15) is 0 Å². The van der Waals surface area contributed by atoms with Crippen molar-refractivity contribution in [1.29, 1.82) is 0 Å². The molecular weight excluding hydrogens is 196 g/mol. The van der Waals surface area contributed by atoms with Gasteiger partial charge in [0.2, 0.25) is 0 Å². The van der Waals surface area contributed by atoms with Gasteiger partial charge in [-0.05, 0) is 37.0 Å². The van der Waals surface area contributed by atoms with Crippen LogP contribution in [0, 0.1) is 12.8 Å². The van der Waals surface area contributed by atoms with Gasteiger partial charge in [0.05, 0.1) is 6.61 Å². The first-order valence-corrected chi connectivity index (χ1v) is 6.39. The van der Waals surface area contributed by atoms with E-state index in [1.54, 1.807) is 0 Å². The van der Waals surface area contributed by atoms with Crippen molar-refractivity contribution in [3.05, 3.63) is 36.8 Å². The predicted molar refractivity (Wildman–Crippen MR) is 67.6 cm³/mol. The molecule has 1 aromatic rings. The van der Waals surface area contributed by atoms with Gasteiger partial charge < -0.3 is 4.74 Å². The SMILES string of the molecule is [CH2]c1ccc(OCCC2CCCCC2)cc1. The third kappa shape index (κ3) is 3.55. The maximum atomic E-state index is 5.74. The molecule has 0 heterocycles. The van der Waals surface area contributed by atoms with E-state index in [4.69, 9.17) is 4.74 Å². The van der Waals surface area contributed by atoms with E-state index in [1.807, 2.05) is 24.3 Å². The molecule has 87 valence electrons. The fraction of sp³-hybridized carbons (Fsp3) is 0.533. The van der Waals surface area contributed by atoms with Crippen molar-refractivity contribution in [2.45, 2.75) is 38.5 Å². The van der Waals surface area contributed by atoms with E-state index >= 15 is 0 Å². The predicted octanol–water partition coefficient (Wildman–Crippen LogP) is 4.22. The molecule has 0 amide bonds. The molecule has 0 bridgehead atoms. The molecule has 1 saturated carbocycles. The van der Waals surface area contributed by atoms with Crippen LogP contribution in [0.3, 0.4) is 0 Å². The summed E-state index contributed by atoms with van der Waals surface area (Å²) in [5.41, 5.74) is 1.04. The fourth-order valence-corrected chi connectivity index (χ4v) is 2.40. The maximum absolute atomic E-state index is 5.74. The number of rotatable bonds is 4. The molecule has 0 unspecified atom stereocenters. The topological polar surface area (TPSA) is 9.23 Å². The average Bonchev–Trinajstić information content (AvgIpc) is 2.33. The van der Waals surface area contributed by atoms with Gasteiger partial charge in [0.25, 0.3) is 0 Å². The molecule has 0 spiro atoms. The zero-order valence-electron chi connectivity index (χ0n) is 9.95. The van der Waals surface area contributed by atoms with Crippen LogP contribution in [0.1, 0.15) is 44.1 Å². The Hall–Kier alpha value is -0.980. The van der Waals surface area contributed by atoms with Gasteiger partial charge >= 0.3 is 0 Å². The summed E-state index contributed by atoms with van der Waals surface area (Å²) < 4.78 is 5.74. The molecule has 1 aliphatic carbocycles. The zero-order chi connectivity index (χ0) is 11.2. The van der Waals surface area contributed by atoms with Gasteiger partial charge in [-0.15, -0.1) is 0 Å². The molecule has 0 saturated heterocycles. The van der Waals surface area contributed by atoms with Gasteiger partial charge in [-0.1, -0.05) is 44.2 Å². The van der Waals surface area contributed by atoms with Gasteiger partial charge in [0, 0.05) is 0 Å². The second-order valence-corrected chi connectivity index (χ2v) is 4.79. The smallest absolute Gasteiger partial charge is 0.119 e. The summed E-state index contributed by atoms with van der Waals surface area (Å²) in [6.45, 7) is 4.72. The second kappa shape index (κ2) is 5.93. The molecule has 2 rings (SSSR count). The monoisotopic (exact) mass is 217 g/mol. The minimum absolute atomic E-state index is 0.862. The quantitative estimate of drug-likeness (QED) is 0.733. The van der Waals surface area contributed by atoms with Crippen LogP contribution in [0.4, 0.5) is 0 Å². The second-order valence-electron chi connectivity index (χ2n) is 4.79. The molecular formula is C15H21O. The minimum Gasteiger partial charge on any atom is -0.494 e. The van der Waals surface area contributed by atoms with Gasteiger partial charge in [0.1, 0.15) is 5.75 Å². The number of hydrogen-bond donors (Lipinski definition) is 0. The van der Waals surface area contributed by atoms with Crippen LogP contribution < -0.4 is 4.74 Å². The Balaban J connectivity index is 1.69. The van der Waals surface area contributed by atoms with Crippen molar-refractivity contribution >= 4 is 0 Å². The minimum atomic E-state index is 0.862. The lowest BCUT2D eigenvalue weighted by Gasteiger charge is -2.21. The molecule has 1 fully saturated rings. The Morgan fingerprint density at radius 2 is 1.75 bits per heavy atom. The third-order valence-electron chi connectivity index (χ3n) is 3.44. The largest absolute Gasteiger partial charge is 0.494 e. The van der Waals surface area contributed by atoms with E-state index in [9.17, 15) is 0 Å². The Kier molecular flexibility index (Phi) is 4.26. The lowest BCUT2D eigenvalue weighted by molar-refractivity contribution is 0.246. The van der Waals surface area contributed by atoms with Crippen LogP contribution in [-0.2, 0) is 0 Å². The van der Waals surface area contributed by atoms with Crippen LogP contribution in [0.15, 0.2) is 24.3 Å². The zero-order valence-corrected chi connectivity index (χ0v) is 9.95. The van der Waals surface area contributed by atoms with Crippen molar-refractivity contribution in [3.63, 3.8) is 0 Å². The Labute approximate surface area is 98.8 Å². The summed E-state index contributed by atoms with van der Waals surface area (Å²) in [5, 5.41) is 0. The van der Waals surface area contributed by atoms with Crippen molar-refractivity contribution in [3.8, 4) is 5.75 Å². The molecule has 0 N–H and O–H groups in total. The molecule has 0 aromatic heterocycles. The molecule has 1 heteroatoms. The fourth-order valence-electron chi connectivity index (χ4n) is 2.40. The molecule has 1 aliphatic rings. The molecule has 1 nitrogen and oxygen atoms in total. The van der Waals surface area contributed by atoms with Crippen LogP contribution >= 0.6 is 0 Å². The van der Waals surface area contributed by atoms with Crippen molar-refractivity contribution in [1.82, 2.24) is 0 Å². The highest BCUT2D eigenvalue weighted by molar-refractivity contribution is 5.28. The highest BCUT2D eigenvalue weighted by Gasteiger charge is 2.12. The molecule has 0 aliphatic heterocycles. The van der Waals surface area contributed by atoms with E-state index in [-0.39, 0.29) is 0 Å². The molecule has 1 radical (unpaired) electrons. The lowest BCUT2D eigenvalue weighted by atomic mass is 9.87. The normalized spacial score (nSPS) is 17.3. The number of benzene rings is 1. The Morgan fingerprint density at radius 1 is 1.06 bits per heavy atom. The Morgan fingerprint density at radius 3 is 2.44 bits per heavy atom.